The molecule has 2 aromatic carbocycles. The lowest BCUT2D eigenvalue weighted by atomic mass is 10.1. The molecule has 0 spiro atoms. The largest absolute Gasteiger partial charge is 0.496 e. The molecule has 1 heterocycles. The molecule has 0 saturated carbocycles. The number of methoxy groups -OCH3 is 1. The zero-order valence-corrected chi connectivity index (χ0v) is 18.7. The zero-order chi connectivity index (χ0) is 22.1. The fraction of sp³-hybridized carbons (Fsp3) is 0.391. The topological polar surface area (TPSA) is 79.9 Å². The molecule has 1 saturated heterocycles. The van der Waals surface area contributed by atoms with Gasteiger partial charge < -0.3 is 25.0 Å². The number of ether oxygens (including phenoxy) is 2. The van der Waals surface area contributed by atoms with E-state index in [-0.39, 0.29) is 11.8 Å². The van der Waals surface area contributed by atoms with E-state index in [1.165, 1.54) is 7.11 Å². The van der Waals surface area contributed by atoms with Gasteiger partial charge in [0.1, 0.15) is 11.8 Å². The van der Waals surface area contributed by atoms with E-state index in [1.54, 1.807) is 36.0 Å². The number of anilines is 2. The standard InChI is InChI=1S/C23H29N3O4S/c1-29-21-6-4-3-5-19(21)22(27)25-20(11-16-31-2)23(28)24-17-7-9-18(10-8-17)26-12-14-30-15-13-26/h3-10,20H,11-16H2,1-2H3,(H,24,28)(H,25,27). The molecule has 8 heteroatoms. The van der Waals surface area contributed by atoms with Crippen molar-refractivity contribution in [1.29, 1.82) is 0 Å². The molecule has 1 aliphatic rings. The van der Waals surface area contributed by atoms with Gasteiger partial charge in [-0.05, 0) is 54.8 Å². The first-order valence-corrected chi connectivity index (χ1v) is 11.7. The Labute approximate surface area is 187 Å². The first-order chi connectivity index (χ1) is 15.1. The summed E-state index contributed by atoms with van der Waals surface area (Å²) in [5.41, 5.74) is 2.20. The van der Waals surface area contributed by atoms with Crippen LogP contribution >= 0.6 is 11.8 Å². The van der Waals surface area contributed by atoms with Crippen molar-refractivity contribution >= 4 is 35.0 Å². The average Bonchev–Trinajstić information content (AvgIpc) is 2.82. The summed E-state index contributed by atoms with van der Waals surface area (Å²) in [7, 11) is 1.52. The van der Waals surface area contributed by atoms with Gasteiger partial charge in [0, 0.05) is 24.5 Å². The van der Waals surface area contributed by atoms with Gasteiger partial charge in [-0.3, -0.25) is 9.59 Å². The zero-order valence-electron chi connectivity index (χ0n) is 17.9. The molecule has 2 amide bonds. The number of para-hydroxylation sites is 1. The summed E-state index contributed by atoms with van der Waals surface area (Å²) in [4.78, 5) is 28.0. The van der Waals surface area contributed by atoms with Crippen LogP contribution in [0.1, 0.15) is 16.8 Å². The summed E-state index contributed by atoms with van der Waals surface area (Å²) in [5, 5.41) is 5.79. The Balaban J connectivity index is 1.65. The number of hydrogen-bond donors (Lipinski definition) is 2. The van der Waals surface area contributed by atoms with Gasteiger partial charge >= 0.3 is 0 Å². The van der Waals surface area contributed by atoms with Crippen molar-refractivity contribution in [1.82, 2.24) is 5.32 Å². The first kappa shape index (κ1) is 23.0. The maximum atomic E-state index is 12.9. The quantitative estimate of drug-likeness (QED) is 0.620. The fourth-order valence-corrected chi connectivity index (χ4v) is 3.85. The molecule has 7 nitrogen and oxygen atoms in total. The molecule has 0 bridgehead atoms. The van der Waals surface area contributed by atoms with Crippen molar-refractivity contribution in [2.24, 2.45) is 0 Å². The van der Waals surface area contributed by atoms with Crippen molar-refractivity contribution in [2.75, 3.05) is 55.6 Å². The van der Waals surface area contributed by atoms with E-state index in [2.05, 4.69) is 15.5 Å². The first-order valence-electron chi connectivity index (χ1n) is 10.3. The third kappa shape index (κ3) is 6.38. The molecule has 0 aromatic heterocycles. The molecular weight excluding hydrogens is 414 g/mol. The molecule has 0 aliphatic carbocycles. The predicted octanol–water partition coefficient (Wildman–Crippen LogP) is 3.02. The molecule has 2 aromatic rings. The molecule has 0 radical (unpaired) electrons. The normalized spacial score (nSPS) is 14.6. The van der Waals surface area contributed by atoms with Crippen molar-refractivity contribution in [3.8, 4) is 5.75 Å². The average molecular weight is 444 g/mol. The number of benzene rings is 2. The van der Waals surface area contributed by atoms with Gasteiger partial charge in [-0.2, -0.15) is 11.8 Å². The highest BCUT2D eigenvalue weighted by Crippen LogP contribution is 2.20. The van der Waals surface area contributed by atoms with Crippen LogP contribution in [0.25, 0.3) is 0 Å². The fourth-order valence-electron chi connectivity index (χ4n) is 3.38. The van der Waals surface area contributed by atoms with Crippen LogP contribution in [0.4, 0.5) is 11.4 Å². The molecule has 31 heavy (non-hydrogen) atoms. The summed E-state index contributed by atoms with van der Waals surface area (Å²) < 4.78 is 10.7. The highest BCUT2D eigenvalue weighted by atomic mass is 32.2. The second kappa shape index (κ2) is 11.6. The summed E-state index contributed by atoms with van der Waals surface area (Å²) in [5.74, 6) is 0.654. The van der Waals surface area contributed by atoms with E-state index in [4.69, 9.17) is 9.47 Å². The lowest BCUT2D eigenvalue weighted by Crippen LogP contribution is -2.44. The minimum Gasteiger partial charge on any atom is -0.496 e. The van der Waals surface area contributed by atoms with E-state index < -0.39 is 6.04 Å². The van der Waals surface area contributed by atoms with E-state index in [1.807, 2.05) is 30.5 Å². The summed E-state index contributed by atoms with van der Waals surface area (Å²) in [6.45, 7) is 3.16. The lowest BCUT2D eigenvalue weighted by Gasteiger charge is -2.29. The second-order valence-electron chi connectivity index (χ2n) is 7.14. The van der Waals surface area contributed by atoms with Crippen LogP contribution in [-0.2, 0) is 9.53 Å². The van der Waals surface area contributed by atoms with Crippen molar-refractivity contribution < 1.29 is 19.1 Å². The number of morpholine rings is 1. The van der Waals surface area contributed by atoms with Crippen LogP contribution in [0.3, 0.4) is 0 Å². The predicted molar refractivity (Wildman–Crippen MR) is 125 cm³/mol. The molecular formula is C23H29N3O4S. The maximum Gasteiger partial charge on any atom is 0.255 e. The Kier molecular flexibility index (Phi) is 8.61. The number of nitrogens with zero attached hydrogens (tertiary/aromatic N) is 1. The van der Waals surface area contributed by atoms with E-state index >= 15 is 0 Å². The summed E-state index contributed by atoms with van der Waals surface area (Å²) >= 11 is 1.63. The van der Waals surface area contributed by atoms with Gasteiger partial charge in [0.2, 0.25) is 5.91 Å². The number of rotatable bonds is 9. The van der Waals surface area contributed by atoms with E-state index in [0.717, 1.165) is 37.7 Å². The second-order valence-corrected chi connectivity index (χ2v) is 8.13. The van der Waals surface area contributed by atoms with Gasteiger partial charge in [-0.1, -0.05) is 12.1 Å². The lowest BCUT2D eigenvalue weighted by molar-refractivity contribution is -0.118. The molecule has 1 aliphatic heterocycles. The minimum absolute atomic E-state index is 0.239. The Morgan fingerprint density at radius 3 is 2.52 bits per heavy atom. The van der Waals surface area contributed by atoms with Crippen molar-refractivity contribution in [3.63, 3.8) is 0 Å². The summed E-state index contributed by atoms with van der Waals surface area (Å²) in [6.07, 6.45) is 2.50. The van der Waals surface area contributed by atoms with Gasteiger partial charge in [-0.15, -0.1) is 0 Å². The van der Waals surface area contributed by atoms with Crippen LogP contribution in [0, 0.1) is 0 Å². The monoisotopic (exact) mass is 443 g/mol. The molecule has 3 rings (SSSR count). The van der Waals surface area contributed by atoms with Crippen LogP contribution in [0.2, 0.25) is 0 Å². The Morgan fingerprint density at radius 2 is 1.84 bits per heavy atom. The number of thioether (sulfide) groups is 1. The minimum atomic E-state index is -0.649. The van der Waals surface area contributed by atoms with Gasteiger partial charge in [0.05, 0.1) is 25.9 Å². The number of carbonyl (C=O) groups is 2. The molecule has 2 N–H and O–H groups in total. The van der Waals surface area contributed by atoms with Crippen LogP contribution in [-0.4, -0.2) is 63.3 Å². The number of amides is 2. The molecule has 1 unspecified atom stereocenters. The Morgan fingerprint density at radius 1 is 1.13 bits per heavy atom. The Bertz CT molecular complexity index is 869. The van der Waals surface area contributed by atoms with E-state index in [0.29, 0.717) is 23.4 Å². The van der Waals surface area contributed by atoms with Crippen molar-refractivity contribution in [3.05, 3.63) is 54.1 Å². The molecule has 166 valence electrons. The number of carbonyl (C=O) groups excluding carboxylic acids is 2. The van der Waals surface area contributed by atoms with E-state index in [9.17, 15) is 9.59 Å². The smallest absolute Gasteiger partial charge is 0.255 e. The number of hydrogen-bond acceptors (Lipinski definition) is 6. The van der Waals surface area contributed by atoms with Gasteiger partial charge in [-0.25, -0.2) is 0 Å². The van der Waals surface area contributed by atoms with Gasteiger partial charge in [0.15, 0.2) is 0 Å². The highest BCUT2D eigenvalue weighted by Gasteiger charge is 2.23. The van der Waals surface area contributed by atoms with Crippen molar-refractivity contribution in [2.45, 2.75) is 12.5 Å². The van der Waals surface area contributed by atoms with Crippen LogP contribution in [0.15, 0.2) is 48.5 Å². The molecule has 1 atom stereocenters. The number of nitrogens with one attached hydrogen (secondary N) is 2. The highest BCUT2D eigenvalue weighted by molar-refractivity contribution is 7.98. The van der Waals surface area contributed by atoms with Crippen LogP contribution in [0.5, 0.6) is 5.75 Å². The van der Waals surface area contributed by atoms with Gasteiger partial charge in [0.25, 0.3) is 5.91 Å². The Hall–Kier alpha value is -2.71. The maximum absolute atomic E-state index is 12.9. The summed E-state index contributed by atoms with van der Waals surface area (Å²) in [6, 6.07) is 14.1. The SMILES string of the molecule is COc1ccccc1C(=O)NC(CCSC)C(=O)Nc1ccc(N2CCOCC2)cc1. The molecule has 1 fully saturated rings. The third-order valence-corrected chi connectivity index (χ3v) is 5.74. The third-order valence-electron chi connectivity index (χ3n) is 5.10. The van der Waals surface area contributed by atoms with Crippen LogP contribution < -0.4 is 20.3 Å².